The van der Waals surface area contributed by atoms with Crippen LogP contribution >= 0.6 is 12.4 Å². The van der Waals surface area contributed by atoms with Gasteiger partial charge in [-0.1, -0.05) is 11.6 Å². The third kappa shape index (κ3) is 3.72. The van der Waals surface area contributed by atoms with Crippen LogP contribution in [-0.2, 0) is 0 Å². The van der Waals surface area contributed by atoms with Crippen LogP contribution in [0.4, 0.5) is 0 Å². The third-order valence-corrected chi connectivity index (χ3v) is 5.16. The van der Waals surface area contributed by atoms with Gasteiger partial charge in [-0.25, -0.2) is 4.68 Å². The lowest BCUT2D eigenvalue weighted by atomic mass is 10.0. The van der Waals surface area contributed by atoms with Gasteiger partial charge in [0.1, 0.15) is 13.2 Å². The van der Waals surface area contributed by atoms with Gasteiger partial charge >= 0.3 is 0 Å². The van der Waals surface area contributed by atoms with Gasteiger partial charge in [0, 0.05) is 12.1 Å². The van der Waals surface area contributed by atoms with E-state index >= 15 is 0 Å². The summed E-state index contributed by atoms with van der Waals surface area (Å²) < 4.78 is 12.8. The summed E-state index contributed by atoms with van der Waals surface area (Å²) >= 11 is 0. The highest BCUT2D eigenvalue weighted by Crippen LogP contribution is 2.32. The molecule has 1 aliphatic carbocycles. The molecule has 2 atom stereocenters. The quantitative estimate of drug-likeness (QED) is 0.818. The fourth-order valence-electron chi connectivity index (χ4n) is 3.69. The fraction of sp³-hybridized carbons (Fsp3) is 0.500. The Bertz CT molecular complexity index is 825. The molecule has 2 aromatic rings. The molecule has 2 heterocycles. The number of ether oxygens (including phenoxy) is 2. The third-order valence-electron chi connectivity index (χ3n) is 5.16. The maximum Gasteiger partial charge on any atom is 0.273 e. The summed E-state index contributed by atoms with van der Waals surface area (Å²) in [6.45, 7) is 3.49. The van der Waals surface area contributed by atoms with E-state index in [1.807, 2.05) is 25.1 Å². The highest BCUT2D eigenvalue weighted by atomic mass is 35.5. The van der Waals surface area contributed by atoms with Crippen LogP contribution in [-0.4, -0.2) is 46.7 Å². The van der Waals surface area contributed by atoms with Crippen molar-refractivity contribution in [3.63, 3.8) is 0 Å². The molecule has 1 aromatic heterocycles. The van der Waals surface area contributed by atoms with Gasteiger partial charge in [0.05, 0.1) is 11.4 Å². The van der Waals surface area contributed by atoms with E-state index in [9.17, 15) is 4.79 Å². The minimum Gasteiger partial charge on any atom is -0.486 e. The maximum atomic E-state index is 12.6. The molecular weight excluding hydrogens is 370 g/mol. The average Bonchev–Trinajstić information content (AvgIpc) is 3.27. The first-order chi connectivity index (χ1) is 12.7. The Morgan fingerprint density at radius 2 is 2.07 bits per heavy atom. The molecule has 0 spiro atoms. The molecule has 0 radical (unpaired) electrons. The van der Waals surface area contributed by atoms with Crippen molar-refractivity contribution < 1.29 is 14.3 Å². The summed E-state index contributed by atoms with van der Waals surface area (Å²) in [6, 6.07) is 5.68. The highest BCUT2D eigenvalue weighted by Gasteiger charge is 2.29. The van der Waals surface area contributed by atoms with Gasteiger partial charge in [-0.3, -0.25) is 4.79 Å². The van der Waals surface area contributed by atoms with Crippen LogP contribution in [0, 0.1) is 12.8 Å². The summed E-state index contributed by atoms with van der Waals surface area (Å²) in [7, 11) is 0. The van der Waals surface area contributed by atoms with Crippen LogP contribution in [0.15, 0.2) is 18.2 Å². The summed E-state index contributed by atoms with van der Waals surface area (Å²) in [5, 5.41) is 11.3. The number of nitrogens with two attached hydrogens (primary N) is 1. The number of nitrogens with one attached hydrogen (secondary N) is 1. The number of benzene rings is 1. The molecule has 8 nitrogen and oxygen atoms in total. The van der Waals surface area contributed by atoms with Crippen LogP contribution in [0.5, 0.6) is 11.5 Å². The van der Waals surface area contributed by atoms with Gasteiger partial charge in [-0.15, -0.1) is 17.5 Å². The zero-order valence-electron chi connectivity index (χ0n) is 15.2. The maximum absolute atomic E-state index is 12.6. The van der Waals surface area contributed by atoms with Gasteiger partial charge in [-0.2, -0.15) is 0 Å². The number of hydrogen-bond donors (Lipinski definition) is 2. The zero-order chi connectivity index (χ0) is 18.1. The number of halogens is 1. The van der Waals surface area contributed by atoms with Crippen LogP contribution in [0.25, 0.3) is 5.69 Å². The number of nitrogens with zero attached hydrogens (tertiary/aromatic N) is 3. The summed E-state index contributed by atoms with van der Waals surface area (Å²) in [5.74, 6) is 1.53. The Labute approximate surface area is 163 Å². The number of rotatable bonds is 4. The number of carbonyl (C=O) groups is 1. The van der Waals surface area contributed by atoms with E-state index in [1.54, 1.807) is 4.68 Å². The van der Waals surface area contributed by atoms with E-state index < -0.39 is 0 Å². The van der Waals surface area contributed by atoms with Crippen LogP contribution in [0.2, 0.25) is 0 Å². The molecular formula is C18H24ClN5O3. The van der Waals surface area contributed by atoms with Gasteiger partial charge in [0.15, 0.2) is 17.2 Å². The standard InChI is InChI=1S/C18H23N5O3.ClH/c1-11-17(18(24)20-14-4-2-3-12(14)10-19)21-22-23(11)13-5-6-15-16(9-13)26-8-7-25-15;/h5-6,9,12,14H,2-4,7-8,10,19H2,1H3,(H,20,24);1H. The highest BCUT2D eigenvalue weighted by molar-refractivity contribution is 5.93. The summed E-state index contributed by atoms with van der Waals surface area (Å²) in [4.78, 5) is 12.6. The number of amides is 1. The molecule has 0 saturated heterocycles. The number of carbonyl (C=O) groups excluding carboxylic acids is 1. The predicted molar refractivity (Wildman–Crippen MR) is 102 cm³/mol. The molecule has 1 fully saturated rings. The normalized spacial score (nSPS) is 20.8. The predicted octanol–water partition coefficient (Wildman–Crippen LogP) is 1.63. The average molecular weight is 394 g/mol. The molecule has 2 aliphatic rings. The number of hydrogen-bond acceptors (Lipinski definition) is 6. The minimum absolute atomic E-state index is 0. The second-order valence-corrected chi connectivity index (χ2v) is 6.77. The Hall–Kier alpha value is -2.32. The molecule has 2 unspecified atom stereocenters. The van der Waals surface area contributed by atoms with Gasteiger partial charge in [0.2, 0.25) is 0 Å². The molecule has 146 valence electrons. The molecule has 1 aromatic carbocycles. The van der Waals surface area contributed by atoms with E-state index in [0.717, 1.165) is 24.9 Å². The van der Waals surface area contributed by atoms with Crippen molar-refractivity contribution in [3.05, 3.63) is 29.6 Å². The van der Waals surface area contributed by atoms with Crippen molar-refractivity contribution in [1.29, 1.82) is 0 Å². The second-order valence-electron chi connectivity index (χ2n) is 6.77. The van der Waals surface area contributed by atoms with E-state index in [1.165, 1.54) is 0 Å². The van der Waals surface area contributed by atoms with Crippen molar-refractivity contribution in [1.82, 2.24) is 20.3 Å². The first kappa shape index (κ1) is 19.4. The lowest BCUT2D eigenvalue weighted by Gasteiger charge is -2.19. The number of fused-ring (bicyclic) bond motifs is 1. The lowest BCUT2D eigenvalue weighted by molar-refractivity contribution is 0.0923. The van der Waals surface area contributed by atoms with E-state index in [-0.39, 0.29) is 24.4 Å². The lowest BCUT2D eigenvalue weighted by Crippen LogP contribution is -2.40. The second kappa shape index (κ2) is 8.14. The Kier molecular flexibility index (Phi) is 5.86. The molecule has 27 heavy (non-hydrogen) atoms. The molecule has 1 amide bonds. The van der Waals surface area contributed by atoms with E-state index in [0.29, 0.717) is 48.6 Å². The Morgan fingerprint density at radius 3 is 2.85 bits per heavy atom. The van der Waals surface area contributed by atoms with Gasteiger partial charge < -0.3 is 20.5 Å². The largest absolute Gasteiger partial charge is 0.486 e. The summed E-state index contributed by atoms with van der Waals surface area (Å²) in [5.41, 5.74) is 7.59. The molecule has 3 N–H and O–H groups in total. The Balaban J connectivity index is 0.00000210. The van der Waals surface area contributed by atoms with E-state index in [4.69, 9.17) is 15.2 Å². The number of aromatic nitrogens is 3. The Morgan fingerprint density at radius 1 is 1.30 bits per heavy atom. The van der Waals surface area contributed by atoms with Crippen molar-refractivity contribution in [2.75, 3.05) is 19.8 Å². The van der Waals surface area contributed by atoms with Crippen LogP contribution in [0.3, 0.4) is 0 Å². The first-order valence-electron chi connectivity index (χ1n) is 9.00. The van der Waals surface area contributed by atoms with Crippen molar-refractivity contribution >= 4 is 18.3 Å². The molecule has 4 rings (SSSR count). The van der Waals surface area contributed by atoms with Crippen molar-refractivity contribution in [2.24, 2.45) is 11.7 Å². The topological polar surface area (TPSA) is 104 Å². The monoisotopic (exact) mass is 393 g/mol. The summed E-state index contributed by atoms with van der Waals surface area (Å²) in [6.07, 6.45) is 3.11. The van der Waals surface area contributed by atoms with Crippen LogP contribution in [0.1, 0.15) is 35.4 Å². The van der Waals surface area contributed by atoms with Gasteiger partial charge in [-0.05, 0) is 44.4 Å². The first-order valence-corrected chi connectivity index (χ1v) is 9.00. The van der Waals surface area contributed by atoms with Gasteiger partial charge in [0.25, 0.3) is 5.91 Å². The molecule has 0 bridgehead atoms. The molecule has 1 aliphatic heterocycles. The smallest absolute Gasteiger partial charge is 0.273 e. The van der Waals surface area contributed by atoms with Crippen molar-refractivity contribution in [3.8, 4) is 17.2 Å². The SMILES string of the molecule is Cc1c(C(=O)NC2CCCC2CN)nnn1-c1ccc2c(c1)OCCO2.Cl. The fourth-order valence-corrected chi connectivity index (χ4v) is 3.69. The van der Waals surface area contributed by atoms with Crippen molar-refractivity contribution in [2.45, 2.75) is 32.2 Å². The van der Waals surface area contributed by atoms with E-state index in [2.05, 4.69) is 15.6 Å². The molecule has 1 saturated carbocycles. The molecule has 9 heteroatoms. The zero-order valence-corrected chi connectivity index (χ0v) is 16.0. The minimum atomic E-state index is -0.198. The van der Waals surface area contributed by atoms with Crippen LogP contribution < -0.4 is 20.5 Å².